The Bertz CT molecular complexity index is 668. The molecule has 0 spiro atoms. The SMILES string of the molecule is Cc1ccc(S(=O)(=O)NC2CCCC2(C)C(=O)O)c(C)c1. The van der Waals surface area contributed by atoms with E-state index in [4.69, 9.17) is 0 Å². The van der Waals surface area contributed by atoms with Gasteiger partial charge in [-0.2, -0.15) is 0 Å². The molecule has 2 rings (SSSR count). The summed E-state index contributed by atoms with van der Waals surface area (Å²) in [7, 11) is -3.71. The number of aliphatic carboxylic acids is 1. The highest BCUT2D eigenvalue weighted by molar-refractivity contribution is 7.89. The topological polar surface area (TPSA) is 83.5 Å². The molecule has 2 N–H and O–H groups in total. The summed E-state index contributed by atoms with van der Waals surface area (Å²) in [6.07, 6.45) is 1.75. The number of benzene rings is 1. The van der Waals surface area contributed by atoms with Crippen molar-refractivity contribution in [1.29, 1.82) is 0 Å². The maximum Gasteiger partial charge on any atom is 0.310 e. The standard InChI is InChI=1S/C15H21NO4S/c1-10-6-7-12(11(2)9-10)21(19,20)16-13-5-4-8-15(13,3)14(17)18/h6-7,9,13,16H,4-5,8H2,1-3H3,(H,17,18). The number of rotatable bonds is 4. The lowest BCUT2D eigenvalue weighted by Gasteiger charge is -2.27. The largest absolute Gasteiger partial charge is 0.481 e. The van der Waals surface area contributed by atoms with Crippen LogP contribution in [-0.4, -0.2) is 25.5 Å². The zero-order chi connectivity index (χ0) is 15.8. The molecule has 6 heteroatoms. The fraction of sp³-hybridized carbons (Fsp3) is 0.533. The summed E-state index contributed by atoms with van der Waals surface area (Å²) in [4.78, 5) is 11.6. The smallest absolute Gasteiger partial charge is 0.310 e. The van der Waals surface area contributed by atoms with Gasteiger partial charge in [-0.1, -0.05) is 24.1 Å². The van der Waals surface area contributed by atoms with Crippen molar-refractivity contribution in [2.24, 2.45) is 5.41 Å². The van der Waals surface area contributed by atoms with E-state index in [0.717, 1.165) is 5.56 Å². The molecule has 2 atom stereocenters. The molecule has 1 saturated carbocycles. The van der Waals surface area contributed by atoms with E-state index in [2.05, 4.69) is 4.72 Å². The van der Waals surface area contributed by atoms with Gasteiger partial charge in [0.05, 0.1) is 10.3 Å². The van der Waals surface area contributed by atoms with E-state index in [-0.39, 0.29) is 4.90 Å². The number of carbonyl (C=O) groups is 1. The molecule has 1 aliphatic rings. The molecule has 1 fully saturated rings. The lowest BCUT2D eigenvalue weighted by Crippen LogP contribution is -2.47. The van der Waals surface area contributed by atoms with Crippen LogP contribution >= 0.6 is 0 Å². The molecule has 1 aliphatic carbocycles. The fourth-order valence-electron chi connectivity index (χ4n) is 2.96. The lowest BCUT2D eigenvalue weighted by atomic mass is 9.85. The van der Waals surface area contributed by atoms with Gasteiger partial charge >= 0.3 is 5.97 Å². The van der Waals surface area contributed by atoms with Gasteiger partial charge in [0.15, 0.2) is 0 Å². The molecule has 1 aromatic rings. The summed E-state index contributed by atoms with van der Waals surface area (Å²) in [5.74, 6) is -0.951. The van der Waals surface area contributed by atoms with Gasteiger partial charge in [-0.3, -0.25) is 4.79 Å². The molecular weight excluding hydrogens is 290 g/mol. The van der Waals surface area contributed by atoms with E-state index >= 15 is 0 Å². The van der Waals surface area contributed by atoms with E-state index in [1.807, 2.05) is 6.92 Å². The molecule has 0 aromatic heterocycles. The van der Waals surface area contributed by atoms with E-state index in [1.165, 1.54) is 0 Å². The van der Waals surface area contributed by atoms with Crippen molar-refractivity contribution < 1.29 is 18.3 Å². The molecular formula is C15H21NO4S. The van der Waals surface area contributed by atoms with Crippen molar-refractivity contribution in [3.63, 3.8) is 0 Å². The highest BCUT2D eigenvalue weighted by Gasteiger charge is 2.46. The first-order valence-corrected chi connectivity index (χ1v) is 8.48. The fourth-order valence-corrected chi connectivity index (χ4v) is 4.57. The highest BCUT2D eigenvalue weighted by atomic mass is 32.2. The summed E-state index contributed by atoms with van der Waals surface area (Å²) < 4.78 is 27.6. The molecule has 0 saturated heterocycles. The highest BCUT2D eigenvalue weighted by Crippen LogP contribution is 2.39. The summed E-state index contributed by atoms with van der Waals surface area (Å²) >= 11 is 0. The molecule has 0 radical (unpaired) electrons. The van der Waals surface area contributed by atoms with Gasteiger partial charge in [0.2, 0.25) is 10.0 Å². The normalized spacial score (nSPS) is 26.0. The summed E-state index contributed by atoms with van der Waals surface area (Å²) in [6.45, 7) is 5.25. The van der Waals surface area contributed by atoms with Crippen LogP contribution in [0.25, 0.3) is 0 Å². The van der Waals surface area contributed by atoms with Crippen LogP contribution in [0.2, 0.25) is 0 Å². The van der Waals surface area contributed by atoms with Crippen LogP contribution in [0.4, 0.5) is 0 Å². The van der Waals surface area contributed by atoms with Crippen LogP contribution in [0.1, 0.15) is 37.3 Å². The third-order valence-electron chi connectivity index (χ3n) is 4.36. The Balaban J connectivity index is 2.31. The minimum Gasteiger partial charge on any atom is -0.481 e. The minimum absolute atomic E-state index is 0.215. The van der Waals surface area contributed by atoms with E-state index < -0.39 is 27.4 Å². The number of carboxylic acids is 1. The predicted molar refractivity (Wildman–Crippen MR) is 79.6 cm³/mol. The number of carboxylic acid groups (broad SMARTS) is 1. The van der Waals surface area contributed by atoms with Crippen molar-refractivity contribution in [2.45, 2.75) is 51.0 Å². The van der Waals surface area contributed by atoms with Gasteiger partial charge in [-0.05, 0) is 45.2 Å². The monoisotopic (exact) mass is 311 g/mol. The number of hydrogen-bond acceptors (Lipinski definition) is 3. The summed E-state index contributed by atoms with van der Waals surface area (Å²) in [5, 5.41) is 9.37. The second-order valence-electron chi connectivity index (χ2n) is 6.06. The van der Waals surface area contributed by atoms with E-state index in [1.54, 1.807) is 32.0 Å². The quantitative estimate of drug-likeness (QED) is 0.893. The predicted octanol–water partition coefficient (Wildman–Crippen LogP) is 2.23. The number of sulfonamides is 1. The van der Waals surface area contributed by atoms with Crippen molar-refractivity contribution in [3.05, 3.63) is 29.3 Å². The molecule has 5 nitrogen and oxygen atoms in total. The first-order chi connectivity index (χ1) is 9.67. The molecule has 21 heavy (non-hydrogen) atoms. The van der Waals surface area contributed by atoms with Gasteiger partial charge < -0.3 is 5.11 Å². The lowest BCUT2D eigenvalue weighted by molar-refractivity contribution is -0.148. The summed E-state index contributed by atoms with van der Waals surface area (Å²) in [6, 6.07) is 4.55. The van der Waals surface area contributed by atoms with Crippen LogP contribution in [0, 0.1) is 19.3 Å². The summed E-state index contributed by atoms with van der Waals surface area (Å²) in [5.41, 5.74) is 0.617. The Labute approximate surface area is 125 Å². The Morgan fingerprint density at radius 2 is 2.05 bits per heavy atom. The van der Waals surface area contributed by atoms with Crippen LogP contribution < -0.4 is 4.72 Å². The first-order valence-electron chi connectivity index (χ1n) is 7.00. The van der Waals surface area contributed by atoms with E-state index in [9.17, 15) is 18.3 Å². The first kappa shape index (κ1) is 16.0. The average molecular weight is 311 g/mol. The second kappa shape index (κ2) is 5.42. The number of hydrogen-bond donors (Lipinski definition) is 2. The van der Waals surface area contributed by atoms with Crippen molar-refractivity contribution in [2.75, 3.05) is 0 Å². The third-order valence-corrected chi connectivity index (χ3v) is 6.00. The molecule has 0 amide bonds. The van der Waals surface area contributed by atoms with Crippen LogP contribution in [0.15, 0.2) is 23.1 Å². The van der Waals surface area contributed by atoms with Gasteiger partial charge in [0, 0.05) is 6.04 Å². The number of aryl methyl sites for hydroxylation is 2. The van der Waals surface area contributed by atoms with Gasteiger partial charge in [0.1, 0.15) is 0 Å². The Morgan fingerprint density at radius 3 is 2.62 bits per heavy atom. The molecule has 2 unspecified atom stereocenters. The Kier molecular flexibility index (Phi) is 4.13. The minimum atomic E-state index is -3.71. The Morgan fingerprint density at radius 1 is 1.38 bits per heavy atom. The van der Waals surface area contributed by atoms with Gasteiger partial charge in [-0.15, -0.1) is 0 Å². The maximum absolute atomic E-state index is 12.5. The zero-order valence-corrected chi connectivity index (χ0v) is 13.3. The number of nitrogens with one attached hydrogen (secondary N) is 1. The second-order valence-corrected chi connectivity index (χ2v) is 7.74. The van der Waals surface area contributed by atoms with Crippen molar-refractivity contribution in [3.8, 4) is 0 Å². The maximum atomic E-state index is 12.5. The molecule has 0 heterocycles. The van der Waals surface area contributed by atoms with Gasteiger partial charge in [-0.25, -0.2) is 13.1 Å². The van der Waals surface area contributed by atoms with Crippen LogP contribution in [0.5, 0.6) is 0 Å². The zero-order valence-electron chi connectivity index (χ0n) is 12.5. The van der Waals surface area contributed by atoms with Crippen molar-refractivity contribution >= 4 is 16.0 Å². The van der Waals surface area contributed by atoms with Crippen LogP contribution in [0.3, 0.4) is 0 Å². The third kappa shape index (κ3) is 2.96. The molecule has 116 valence electrons. The van der Waals surface area contributed by atoms with Gasteiger partial charge in [0.25, 0.3) is 0 Å². The molecule has 0 bridgehead atoms. The average Bonchev–Trinajstić information content (AvgIpc) is 2.71. The van der Waals surface area contributed by atoms with Crippen LogP contribution in [-0.2, 0) is 14.8 Å². The Hall–Kier alpha value is -1.40. The molecule has 1 aromatic carbocycles. The van der Waals surface area contributed by atoms with Crippen molar-refractivity contribution in [1.82, 2.24) is 4.72 Å². The molecule has 0 aliphatic heterocycles. The van der Waals surface area contributed by atoms with E-state index in [0.29, 0.717) is 24.8 Å².